The Labute approximate surface area is 162 Å². The highest BCUT2D eigenvalue weighted by molar-refractivity contribution is 5.86. The lowest BCUT2D eigenvalue weighted by Crippen LogP contribution is -2.11. The molecule has 2 heterocycles. The van der Waals surface area contributed by atoms with Crippen LogP contribution in [0.1, 0.15) is 35.6 Å². The molecule has 0 spiro atoms. The van der Waals surface area contributed by atoms with Crippen molar-refractivity contribution in [3.8, 4) is 11.5 Å². The number of carbonyl (C=O) groups excluding carboxylic acids is 1. The number of esters is 1. The van der Waals surface area contributed by atoms with E-state index in [0.717, 1.165) is 33.2 Å². The van der Waals surface area contributed by atoms with Crippen molar-refractivity contribution >= 4 is 16.9 Å². The summed E-state index contributed by atoms with van der Waals surface area (Å²) in [6, 6.07) is 13.6. The summed E-state index contributed by atoms with van der Waals surface area (Å²) in [5, 5.41) is 8.97. The molecule has 0 aliphatic rings. The van der Waals surface area contributed by atoms with Gasteiger partial charge in [-0.15, -0.1) is 10.2 Å². The number of aromatic nitrogens is 2. The van der Waals surface area contributed by atoms with E-state index in [1.165, 1.54) is 0 Å². The summed E-state index contributed by atoms with van der Waals surface area (Å²) in [5.41, 5.74) is 4.62. The lowest BCUT2D eigenvalue weighted by molar-refractivity contribution is -0.148. The molecule has 142 valence electrons. The monoisotopic (exact) mass is 376 g/mol. The first-order chi connectivity index (χ1) is 13.5. The van der Waals surface area contributed by atoms with Crippen LogP contribution in [-0.4, -0.2) is 16.2 Å². The number of aryl methyl sites for hydroxylation is 2. The standard InChI is InChI=1S/C22H20N2O4/c1-13-4-7-16(8-5-13)22-24-23-21(28-22)15(3)27-20(25)11-17-12-26-19-10-14(2)6-9-18(17)19/h4-10,12,15H,11H2,1-3H3/t15-/m1/s1. The first kappa shape index (κ1) is 18.0. The molecule has 0 fully saturated rings. The van der Waals surface area contributed by atoms with E-state index in [2.05, 4.69) is 10.2 Å². The summed E-state index contributed by atoms with van der Waals surface area (Å²) in [4.78, 5) is 12.4. The van der Waals surface area contributed by atoms with Crippen molar-refractivity contribution in [2.45, 2.75) is 33.3 Å². The molecule has 0 unspecified atom stereocenters. The molecular weight excluding hydrogens is 356 g/mol. The zero-order chi connectivity index (χ0) is 19.7. The number of fused-ring (bicyclic) bond motifs is 1. The van der Waals surface area contributed by atoms with Crippen LogP contribution in [0.3, 0.4) is 0 Å². The highest BCUT2D eigenvalue weighted by atomic mass is 16.6. The fourth-order valence-corrected chi connectivity index (χ4v) is 2.98. The Morgan fingerprint density at radius 1 is 1.07 bits per heavy atom. The van der Waals surface area contributed by atoms with Crippen LogP contribution in [0.2, 0.25) is 0 Å². The first-order valence-corrected chi connectivity index (χ1v) is 9.06. The predicted molar refractivity (Wildman–Crippen MR) is 104 cm³/mol. The maximum Gasteiger partial charge on any atom is 0.311 e. The van der Waals surface area contributed by atoms with Crippen molar-refractivity contribution in [2.75, 3.05) is 0 Å². The van der Waals surface area contributed by atoms with Crippen molar-refractivity contribution in [1.29, 1.82) is 0 Å². The summed E-state index contributed by atoms with van der Waals surface area (Å²) < 4.78 is 16.7. The maximum atomic E-state index is 12.4. The van der Waals surface area contributed by atoms with Crippen LogP contribution in [-0.2, 0) is 16.0 Å². The average molecular weight is 376 g/mol. The topological polar surface area (TPSA) is 78.4 Å². The zero-order valence-corrected chi connectivity index (χ0v) is 15.9. The van der Waals surface area contributed by atoms with Crippen LogP contribution in [0, 0.1) is 13.8 Å². The smallest absolute Gasteiger partial charge is 0.311 e. The number of hydrogen-bond acceptors (Lipinski definition) is 6. The number of nitrogens with zero attached hydrogens (tertiary/aromatic N) is 2. The predicted octanol–water partition coefficient (Wildman–Crippen LogP) is 4.95. The van der Waals surface area contributed by atoms with E-state index in [9.17, 15) is 4.79 Å². The van der Waals surface area contributed by atoms with Gasteiger partial charge < -0.3 is 13.6 Å². The van der Waals surface area contributed by atoms with Crippen molar-refractivity contribution < 1.29 is 18.4 Å². The van der Waals surface area contributed by atoms with Crippen LogP contribution in [0.4, 0.5) is 0 Å². The normalized spacial score (nSPS) is 12.2. The SMILES string of the molecule is Cc1ccc(-c2nnc([C@@H](C)OC(=O)Cc3coc4cc(C)ccc34)o2)cc1. The molecular formula is C22H20N2O4. The second-order valence-corrected chi connectivity index (χ2v) is 6.88. The molecule has 28 heavy (non-hydrogen) atoms. The molecule has 0 N–H and O–H groups in total. The molecule has 4 aromatic rings. The number of furan rings is 1. The minimum Gasteiger partial charge on any atom is -0.464 e. The van der Waals surface area contributed by atoms with Gasteiger partial charge in [0.2, 0.25) is 5.89 Å². The van der Waals surface area contributed by atoms with Crippen molar-refractivity contribution in [2.24, 2.45) is 0 Å². The third-order valence-electron chi connectivity index (χ3n) is 4.54. The minimum atomic E-state index is -0.639. The third kappa shape index (κ3) is 3.67. The first-order valence-electron chi connectivity index (χ1n) is 9.06. The molecule has 1 atom stereocenters. The second-order valence-electron chi connectivity index (χ2n) is 6.88. The number of rotatable bonds is 5. The zero-order valence-electron chi connectivity index (χ0n) is 15.9. The van der Waals surface area contributed by atoms with Crippen LogP contribution in [0.15, 0.2) is 57.6 Å². The van der Waals surface area contributed by atoms with E-state index in [4.69, 9.17) is 13.6 Å². The summed E-state index contributed by atoms with van der Waals surface area (Å²) in [6.07, 6.45) is 1.07. The van der Waals surface area contributed by atoms with Crippen LogP contribution >= 0.6 is 0 Å². The van der Waals surface area contributed by atoms with Gasteiger partial charge in [0.25, 0.3) is 5.89 Å². The van der Waals surface area contributed by atoms with Crippen molar-refractivity contribution in [3.63, 3.8) is 0 Å². The molecule has 0 saturated heterocycles. The average Bonchev–Trinajstić information content (AvgIpc) is 3.30. The molecule has 6 nitrogen and oxygen atoms in total. The second kappa shape index (κ2) is 7.31. The van der Waals surface area contributed by atoms with Gasteiger partial charge in [-0.2, -0.15) is 0 Å². The summed E-state index contributed by atoms with van der Waals surface area (Å²) in [6.45, 7) is 5.71. The number of benzene rings is 2. The Morgan fingerprint density at radius 3 is 2.61 bits per heavy atom. The summed E-state index contributed by atoms with van der Waals surface area (Å²) >= 11 is 0. The largest absolute Gasteiger partial charge is 0.464 e. The Balaban J connectivity index is 1.43. The van der Waals surface area contributed by atoms with E-state index < -0.39 is 6.10 Å². The van der Waals surface area contributed by atoms with E-state index in [1.54, 1.807) is 13.2 Å². The Kier molecular flexibility index (Phi) is 4.69. The minimum absolute atomic E-state index is 0.110. The van der Waals surface area contributed by atoms with Gasteiger partial charge in [-0.1, -0.05) is 29.8 Å². The quantitative estimate of drug-likeness (QED) is 0.459. The number of ether oxygens (including phenoxy) is 1. The highest BCUT2D eigenvalue weighted by Gasteiger charge is 2.20. The molecule has 0 amide bonds. The molecule has 2 aromatic heterocycles. The summed E-state index contributed by atoms with van der Waals surface area (Å²) in [7, 11) is 0. The van der Waals surface area contributed by atoms with Crippen molar-refractivity contribution in [3.05, 3.63) is 71.3 Å². The molecule has 6 heteroatoms. The maximum absolute atomic E-state index is 12.4. The van der Waals surface area contributed by atoms with Gasteiger partial charge in [0.05, 0.1) is 12.7 Å². The number of hydrogen-bond donors (Lipinski definition) is 0. The van der Waals surface area contributed by atoms with Gasteiger partial charge in [-0.25, -0.2) is 0 Å². The molecule has 4 rings (SSSR count). The van der Waals surface area contributed by atoms with Crippen LogP contribution in [0.5, 0.6) is 0 Å². The van der Waals surface area contributed by atoms with Gasteiger partial charge in [0.1, 0.15) is 5.58 Å². The van der Waals surface area contributed by atoms with Crippen LogP contribution < -0.4 is 0 Å². The Hall–Kier alpha value is -3.41. The van der Waals surface area contributed by atoms with Gasteiger partial charge in [0.15, 0.2) is 6.10 Å². The van der Waals surface area contributed by atoms with E-state index in [1.807, 2.05) is 56.3 Å². The fourth-order valence-electron chi connectivity index (χ4n) is 2.98. The van der Waals surface area contributed by atoms with Crippen LogP contribution in [0.25, 0.3) is 22.4 Å². The Morgan fingerprint density at radius 2 is 1.82 bits per heavy atom. The van der Waals surface area contributed by atoms with Gasteiger partial charge in [0, 0.05) is 16.5 Å². The molecule has 0 aliphatic carbocycles. The lowest BCUT2D eigenvalue weighted by atomic mass is 10.1. The summed E-state index contributed by atoms with van der Waals surface area (Å²) in [5.74, 6) is 0.275. The van der Waals surface area contributed by atoms with Crippen molar-refractivity contribution in [1.82, 2.24) is 10.2 Å². The molecule has 2 aromatic carbocycles. The fraction of sp³-hybridized carbons (Fsp3) is 0.227. The van der Waals surface area contributed by atoms with Gasteiger partial charge in [-0.05, 0) is 44.5 Å². The van der Waals surface area contributed by atoms with E-state index in [-0.39, 0.29) is 18.3 Å². The third-order valence-corrected chi connectivity index (χ3v) is 4.54. The molecule has 0 radical (unpaired) electrons. The highest BCUT2D eigenvalue weighted by Crippen LogP contribution is 2.25. The molecule has 0 bridgehead atoms. The van der Waals surface area contributed by atoms with E-state index >= 15 is 0 Å². The molecule has 0 aliphatic heterocycles. The number of carbonyl (C=O) groups is 1. The van der Waals surface area contributed by atoms with Gasteiger partial charge in [-0.3, -0.25) is 4.79 Å². The van der Waals surface area contributed by atoms with Gasteiger partial charge >= 0.3 is 5.97 Å². The lowest BCUT2D eigenvalue weighted by Gasteiger charge is -2.08. The van der Waals surface area contributed by atoms with E-state index in [0.29, 0.717) is 5.89 Å². The Bertz CT molecular complexity index is 1130. The molecule has 0 saturated carbocycles.